The second-order valence-corrected chi connectivity index (χ2v) is 20.6. The van der Waals surface area contributed by atoms with Crippen molar-refractivity contribution in [3.8, 4) is 0 Å². The molecule has 0 aromatic heterocycles. The Hall–Kier alpha value is -4.71. The molecule has 0 aliphatic heterocycles. The minimum atomic E-state index is -0.817. The first-order chi connectivity index (χ1) is 38.5. The highest BCUT2D eigenvalue weighted by Crippen LogP contribution is 2.15. The third kappa shape index (κ3) is 62.1. The first-order valence-electron chi connectivity index (χ1n) is 31.8. The Balaban J connectivity index is 4.44. The van der Waals surface area contributed by atoms with Crippen molar-refractivity contribution in [1.29, 1.82) is 0 Å². The van der Waals surface area contributed by atoms with Crippen LogP contribution in [0.1, 0.15) is 271 Å². The molecule has 0 aromatic carbocycles. The molecule has 0 saturated carbocycles. The molecule has 0 radical (unpaired) electrons. The topological polar surface area (TPSA) is 78.9 Å². The molecule has 0 saturated heterocycles. The van der Waals surface area contributed by atoms with Crippen molar-refractivity contribution in [2.45, 2.75) is 277 Å². The zero-order chi connectivity index (χ0) is 56.4. The van der Waals surface area contributed by atoms with Gasteiger partial charge in [0.2, 0.25) is 0 Å². The van der Waals surface area contributed by atoms with Crippen molar-refractivity contribution in [2.24, 2.45) is 0 Å². The molecule has 0 aromatic rings. The van der Waals surface area contributed by atoms with Crippen molar-refractivity contribution in [1.82, 2.24) is 0 Å². The maximum absolute atomic E-state index is 12.9. The van der Waals surface area contributed by atoms with Gasteiger partial charge in [-0.25, -0.2) is 0 Å². The average Bonchev–Trinajstić information content (AvgIpc) is 3.44. The molecule has 0 aliphatic rings. The molecule has 0 N–H and O–H groups in total. The van der Waals surface area contributed by atoms with Gasteiger partial charge in [-0.3, -0.25) is 14.4 Å². The van der Waals surface area contributed by atoms with Gasteiger partial charge in [0.25, 0.3) is 0 Å². The normalized spacial score (nSPS) is 13.1. The number of hydrogen-bond acceptors (Lipinski definition) is 6. The number of ether oxygens (including phenoxy) is 3. The summed E-state index contributed by atoms with van der Waals surface area (Å²) >= 11 is 0. The number of rotatable bonds is 56. The molecule has 440 valence electrons. The van der Waals surface area contributed by atoms with Crippen LogP contribution < -0.4 is 0 Å². The Morgan fingerprint density at radius 2 is 0.513 bits per heavy atom. The summed E-state index contributed by atoms with van der Waals surface area (Å²) in [5, 5.41) is 0. The monoisotopic (exact) mass is 1080 g/mol. The zero-order valence-corrected chi connectivity index (χ0v) is 50.4. The Kier molecular flexibility index (Phi) is 60.9. The highest BCUT2D eigenvalue weighted by molar-refractivity contribution is 5.71. The molecule has 1 unspecified atom stereocenters. The zero-order valence-electron chi connectivity index (χ0n) is 50.4. The number of carbonyl (C=O) groups is 3. The summed E-state index contributed by atoms with van der Waals surface area (Å²) in [6.07, 6.45) is 92.8. The van der Waals surface area contributed by atoms with Crippen LogP contribution in [0.5, 0.6) is 0 Å². The quantitative estimate of drug-likeness (QED) is 0.0261. The fourth-order valence-electron chi connectivity index (χ4n) is 8.40. The molecule has 0 spiro atoms. The standard InChI is InChI=1S/C72H116O6/c1-4-7-10-13-16-19-22-25-27-29-31-33-35-36-38-39-41-43-45-47-50-53-56-59-62-65-71(74)77-68-69(67-76-70(73)64-61-58-55-52-49-24-21-18-15-12-9-6-3)78-72(75)66-63-60-57-54-51-48-46-44-42-40-37-34-32-30-28-26-23-20-17-14-11-8-5-2/h7-8,10-11,16-17,19-20,25-28,31-34,36,38,40,42,46,48,54,57,69H,4-6,9,12-15,18,21-24,29-30,35,37,39,41,43-45,47,49-53,55-56,58-68H2,1-3H3/b10-7-,11-8-,19-16-,20-17-,27-25-,28-26-,33-31-,34-32-,38-36-,42-40-,48-46-,57-54-. The smallest absolute Gasteiger partial charge is 0.306 e. The molecule has 6 nitrogen and oxygen atoms in total. The van der Waals surface area contributed by atoms with Crippen molar-refractivity contribution in [3.63, 3.8) is 0 Å². The summed E-state index contributed by atoms with van der Waals surface area (Å²) in [6, 6.07) is 0. The largest absolute Gasteiger partial charge is 0.462 e. The van der Waals surface area contributed by atoms with Crippen LogP contribution in [0.3, 0.4) is 0 Å². The second-order valence-electron chi connectivity index (χ2n) is 20.6. The van der Waals surface area contributed by atoms with E-state index < -0.39 is 6.10 Å². The van der Waals surface area contributed by atoms with E-state index in [1.165, 1.54) is 96.3 Å². The minimum absolute atomic E-state index is 0.106. The van der Waals surface area contributed by atoms with Crippen LogP contribution in [0.25, 0.3) is 0 Å². The van der Waals surface area contributed by atoms with Gasteiger partial charge in [0.1, 0.15) is 13.2 Å². The Morgan fingerprint density at radius 3 is 0.821 bits per heavy atom. The number of unbranched alkanes of at least 4 members (excludes halogenated alkanes) is 21. The van der Waals surface area contributed by atoms with Gasteiger partial charge < -0.3 is 14.2 Å². The number of carbonyl (C=O) groups excluding carboxylic acids is 3. The van der Waals surface area contributed by atoms with Crippen LogP contribution >= 0.6 is 0 Å². The molecule has 0 bridgehead atoms. The van der Waals surface area contributed by atoms with E-state index in [-0.39, 0.29) is 37.5 Å². The van der Waals surface area contributed by atoms with E-state index in [1.54, 1.807) is 0 Å². The lowest BCUT2D eigenvalue weighted by Gasteiger charge is -2.18. The van der Waals surface area contributed by atoms with Crippen LogP contribution in [-0.2, 0) is 28.6 Å². The first kappa shape index (κ1) is 73.3. The second kappa shape index (κ2) is 64.8. The molecule has 0 aliphatic carbocycles. The fraction of sp³-hybridized carbons (Fsp3) is 0.625. The molecular weight excluding hydrogens is 961 g/mol. The fourth-order valence-corrected chi connectivity index (χ4v) is 8.40. The van der Waals surface area contributed by atoms with Gasteiger partial charge >= 0.3 is 17.9 Å². The van der Waals surface area contributed by atoms with E-state index in [9.17, 15) is 14.4 Å². The van der Waals surface area contributed by atoms with Gasteiger partial charge in [0.05, 0.1) is 0 Å². The summed E-state index contributed by atoms with van der Waals surface area (Å²) in [7, 11) is 0. The van der Waals surface area contributed by atoms with E-state index in [0.29, 0.717) is 19.3 Å². The summed E-state index contributed by atoms with van der Waals surface area (Å²) in [4.78, 5) is 38.3. The molecule has 0 fully saturated rings. The van der Waals surface area contributed by atoms with Crippen LogP contribution in [0.4, 0.5) is 0 Å². The molecule has 0 heterocycles. The van der Waals surface area contributed by atoms with E-state index in [1.807, 2.05) is 0 Å². The van der Waals surface area contributed by atoms with Gasteiger partial charge in [-0.1, -0.05) is 282 Å². The van der Waals surface area contributed by atoms with E-state index in [0.717, 1.165) is 128 Å². The van der Waals surface area contributed by atoms with E-state index in [2.05, 4.69) is 167 Å². The highest BCUT2D eigenvalue weighted by atomic mass is 16.6. The minimum Gasteiger partial charge on any atom is -0.462 e. The lowest BCUT2D eigenvalue weighted by molar-refractivity contribution is -0.167. The maximum atomic E-state index is 12.9. The third-order valence-electron chi connectivity index (χ3n) is 13.1. The molecular formula is C72H116O6. The van der Waals surface area contributed by atoms with Crippen molar-refractivity contribution in [3.05, 3.63) is 146 Å². The number of allylic oxidation sites excluding steroid dienone is 24. The Bertz CT molecular complexity index is 1710. The Morgan fingerprint density at radius 1 is 0.269 bits per heavy atom. The summed E-state index contributed by atoms with van der Waals surface area (Å²) in [5.41, 5.74) is 0. The molecule has 78 heavy (non-hydrogen) atoms. The van der Waals surface area contributed by atoms with Gasteiger partial charge in [-0.05, 0) is 116 Å². The van der Waals surface area contributed by atoms with Crippen LogP contribution in [-0.4, -0.2) is 37.2 Å². The van der Waals surface area contributed by atoms with Crippen LogP contribution in [0, 0.1) is 0 Å². The molecule has 1 atom stereocenters. The predicted molar refractivity (Wildman–Crippen MR) is 339 cm³/mol. The average molecular weight is 1080 g/mol. The molecule has 0 rings (SSSR count). The summed E-state index contributed by atoms with van der Waals surface area (Å²) in [5.74, 6) is -0.972. The third-order valence-corrected chi connectivity index (χ3v) is 13.1. The lowest BCUT2D eigenvalue weighted by Crippen LogP contribution is -2.30. The predicted octanol–water partition coefficient (Wildman–Crippen LogP) is 21.9. The SMILES string of the molecule is CC/C=C\C/C=C\C/C=C\C/C=C\C/C=C\C/C=C\C/C=C\CCCC(=O)OC(COC(=O)CCCCCCCCCCC/C=C\C/C=C\C/C=C\C/C=C\C/C=C\CC)COC(=O)CCCCCCCCCCCCCC. The van der Waals surface area contributed by atoms with E-state index in [4.69, 9.17) is 14.2 Å². The lowest BCUT2D eigenvalue weighted by atomic mass is 10.0. The van der Waals surface area contributed by atoms with Crippen LogP contribution in [0.2, 0.25) is 0 Å². The number of esters is 3. The Labute approximate surface area is 480 Å². The van der Waals surface area contributed by atoms with Gasteiger partial charge in [-0.15, -0.1) is 0 Å². The highest BCUT2D eigenvalue weighted by Gasteiger charge is 2.19. The molecule has 6 heteroatoms. The van der Waals surface area contributed by atoms with Gasteiger partial charge in [-0.2, -0.15) is 0 Å². The van der Waals surface area contributed by atoms with E-state index >= 15 is 0 Å². The van der Waals surface area contributed by atoms with Crippen molar-refractivity contribution in [2.75, 3.05) is 13.2 Å². The first-order valence-corrected chi connectivity index (χ1v) is 31.8. The van der Waals surface area contributed by atoms with Gasteiger partial charge in [0, 0.05) is 19.3 Å². The van der Waals surface area contributed by atoms with Crippen LogP contribution in [0.15, 0.2) is 146 Å². The summed E-state index contributed by atoms with van der Waals surface area (Å²) in [6.45, 7) is 6.36. The maximum Gasteiger partial charge on any atom is 0.306 e. The van der Waals surface area contributed by atoms with Crippen molar-refractivity contribution >= 4 is 17.9 Å². The van der Waals surface area contributed by atoms with Gasteiger partial charge in [0.15, 0.2) is 6.10 Å². The van der Waals surface area contributed by atoms with Crippen molar-refractivity contribution < 1.29 is 28.6 Å². The number of hydrogen-bond donors (Lipinski definition) is 0. The molecule has 0 amide bonds. The summed E-state index contributed by atoms with van der Waals surface area (Å²) < 4.78 is 16.9.